The van der Waals surface area contributed by atoms with E-state index in [0.29, 0.717) is 0 Å². The van der Waals surface area contributed by atoms with Gasteiger partial charge in [0, 0.05) is 12.6 Å². The van der Waals surface area contributed by atoms with Crippen LogP contribution in [0.2, 0.25) is 0 Å². The maximum atomic E-state index is 11.1. The topological polar surface area (TPSA) is 110 Å². The summed E-state index contributed by atoms with van der Waals surface area (Å²) >= 11 is 0. The van der Waals surface area contributed by atoms with Crippen LogP contribution in [0.5, 0.6) is 0 Å². The minimum Gasteiger partial charge on any atom is -0.368 e. The largest absolute Gasteiger partial charge is 0.368 e. The van der Waals surface area contributed by atoms with Crippen molar-refractivity contribution in [1.29, 1.82) is 0 Å². The van der Waals surface area contributed by atoms with Gasteiger partial charge in [0.1, 0.15) is 0 Å². The fourth-order valence-electron chi connectivity index (χ4n) is 0.815. The summed E-state index contributed by atoms with van der Waals surface area (Å²) in [6, 6.07) is -0.643. The second-order valence-electron chi connectivity index (χ2n) is 3.36. The third-order valence-electron chi connectivity index (χ3n) is 1.46. The molecule has 1 atom stereocenters. The van der Waals surface area contributed by atoms with E-state index in [0.717, 1.165) is 0 Å². The molecule has 0 spiro atoms. The van der Waals surface area contributed by atoms with Crippen LogP contribution in [0.15, 0.2) is 0 Å². The number of hydrogen-bond acceptors (Lipinski definition) is 4. The van der Waals surface area contributed by atoms with Crippen LogP contribution < -0.4 is 22.1 Å². The van der Waals surface area contributed by atoms with Crippen molar-refractivity contribution in [3.05, 3.63) is 0 Å². The number of rotatable bonds is 6. The SMILES string of the molecule is CC(C)NC(=O)CNCC(N)C(N)=O. The molecule has 0 aliphatic heterocycles. The molecule has 14 heavy (non-hydrogen) atoms. The Bertz CT molecular complexity index is 206. The van der Waals surface area contributed by atoms with Crippen LogP contribution >= 0.6 is 0 Å². The molecule has 6 heteroatoms. The maximum absolute atomic E-state index is 11.1. The predicted molar refractivity (Wildman–Crippen MR) is 53.3 cm³/mol. The van der Waals surface area contributed by atoms with E-state index in [-0.39, 0.29) is 25.0 Å². The molecule has 0 fully saturated rings. The molecule has 0 aliphatic rings. The van der Waals surface area contributed by atoms with E-state index < -0.39 is 11.9 Å². The zero-order chi connectivity index (χ0) is 11.1. The summed E-state index contributed by atoms with van der Waals surface area (Å²) in [5.41, 5.74) is 10.3. The Labute approximate surface area is 83.4 Å². The third-order valence-corrected chi connectivity index (χ3v) is 1.46. The molecule has 6 N–H and O–H groups in total. The number of amides is 2. The van der Waals surface area contributed by atoms with Crippen molar-refractivity contribution in [2.75, 3.05) is 13.1 Å². The van der Waals surface area contributed by atoms with E-state index in [1.807, 2.05) is 13.8 Å². The Morgan fingerprint density at radius 2 is 1.93 bits per heavy atom. The van der Waals surface area contributed by atoms with Gasteiger partial charge in [0.05, 0.1) is 12.6 Å². The summed E-state index contributed by atoms with van der Waals surface area (Å²) in [4.78, 5) is 21.6. The molecule has 0 saturated heterocycles. The van der Waals surface area contributed by atoms with Gasteiger partial charge in [-0.05, 0) is 13.8 Å². The highest BCUT2D eigenvalue weighted by Gasteiger charge is 2.09. The molecule has 0 aromatic carbocycles. The van der Waals surface area contributed by atoms with Crippen molar-refractivity contribution >= 4 is 11.8 Å². The van der Waals surface area contributed by atoms with Crippen LogP contribution in [0, 0.1) is 0 Å². The Balaban J connectivity index is 3.54. The molecule has 0 rings (SSSR count). The standard InChI is InChI=1S/C8H18N4O2/c1-5(2)12-7(13)4-11-3-6(9)8(10)14/h5-6,11H,3-4,9H2,1-2H3,(H2,10,14)(H,12,13). The normalized spacial score (nSPS) is 12.6. The van der Waals surface area contributed by atoms with Crippen molar-refractivity contribution in [3.8, 4) is 0 Å². The summed E-state index contributed by atoms with van der Waals surface area (Å²) < 4.78 is 0. The van der Waals surface area contributed by atoms with E-state index in [4.69, 9.17) is 11.5 Å². The highest BCUT2D eigenvalue weighted by atomic mass is 16.2. The average Bonchev–Trinajstić information content (AvgIpc) is 2.02. The van der Waals surface area contributed by atoms with Crippen molar-refractivity contribution in [1.82, 2.24) is 10.6 Å². The van der Waals surface area contributed by atoms with Gasteiger partial charge in [-0.1, -0.05) is 0 Å². The van der Waals surface area contributed by atoms with Crippen molar-refractivity contribution in [2.24, 2.45) is 11.5 Å². The lowest BCUT2D eigenvalue weighted by Gasteiger charge is -2.11. The van der Waals surface area contributed by atoms with Gasteiger partial charge in [0.25, 0.3) is 0 Å². The van der Waals surface area contributed by atoms with E-state index in [2.05, 4.69) is 10.6 Å². The molecular formula is C8H18N4O2. The van der Waals surface area contributed by atoms with Crippen LogP contribution in [0.4, 0.5) is 0 Å². The zero-order valence-corrected chi connectivity index (χ0v) is 8.54. The molecule has 0 saturated carbocycles. The van der Waals surface area contributed by atoms with Gasteiger partial charge >= 0.3 is 0 Å². The van der Waals surface area contributed by atoms with Gasteiger partial charge in [0.15, 0.2) is 0 Å². The van der Waals surface area contributed by atoms with Gasteiger partial charge in [-0.25, -0.2) is 0 Å². The number of hydrogen-bond donors (Lipinski definition) is 4. The molecule has 2 amide bonds. The van der Waals surface area contributed by atoms with Gasteiger partial charge in [-0.2, -0.15) is 0 Å². The molecule has 0 heterocycles. The first-order valence-electron chi connectivity index (χ1n) is 4.48. The van der Waals surface area contributed by atoms with Crippen LogP contribution in [0.3, 0.4) is 0 Å². The van der Waals surface area contributed by atoms with Crippen LogP contribution in [-0.4, -0.2) is 37.0 Å². The predicted octanol–water partition coefficient (Wildman–Crippen LogP) is -2.09. The summed E-state index contributed by atoms with van der Waals surface area (Å²) in [7, 11) is 0. The van der Waals surface area contributed by atoms with Gasteiger partial charge in [-0.15, -0.1) is 0 Å². The molecule has 0 radical (unpaired) electrons. The Morgan fingerprint density at radius 3 is 2.36 bits per heavy atom. The van der Waals surface area contributed by atoms with Gasteiger partial charge < -0.3 is 22.1 Å². The third kappa shape index (κ3) is 6.38. The number of nitrogens with one attached hydrogen (secondary N) is 2. The van der Waals surface area contributed by atoms with Gasteiger partial charge in [-0.3, -0.25) is 9.59 Å². The van der Waals surface area contributed by atoms with E-state index in [9.17, 15) is 9.59 Å². The van der Waals surface area contributed by atoms with Crippen molar-refractivity contribution < 1.29 is 9.59 Å². The van der Waals surface area contributed by atoms with E-state index >= 15 is 0 Å². The summed E-state index contributed by atoms with van der Waals surface area (Å²) in [6.07, 6.45) is 0. The lowest BCUT2D eigenvalue weighted by molar-refractivity contribution is -0.121. The first kappa shape index (κ1) is 12.9. The van der Waals surface area contributed by atoms with E-state index in [1.165, 1.54) is 0 Å². The average molecular weight is 202 g/mol. The van der Waals surface area contributed by atoms with Crippen LogP contribution in [0.1, 0.15) is 13.8 Å². The molecular weight excluding hydrogens is 184 g/mol. The molecule has 1 unspecified atom stereocenters. The number of nitrogens with two attached hydrogens (primary N) is 2. The van der Waals surface area contributed by atoms with E-state index in [1.54, 1.807) is 0 Å². The smallest absolute Gasteiger partial charge is 0.235 e. The zero-order valence-electron chi connectivity index (χ0n) is 8.54. The fourth-order valence-corrected chi connectivity index (χ4v) is 0.815. The quantitative estimate of drug-likeness (QED) is 0.396. The monoisotopic (exact) mass is 202 g/mol. The summed E-state index contributed by atoms with van der Waals surface area (Å²) in [5.74, 6) is -0.710. The first-order chi connectivity index (χ1) is 6.43. The lowest BCUT2D eigenvalue weighted by Crippen LogP contribution is -2.47. The molecule has 82 valence electrons. The highest BCUT2D eigenvalue weighted by Crippen LogP contribution is 1.77. The van der Waals surface area contributed by atoms with Crippen LogP contribution in [0.25, 0.3) is 0 Å². The number of carbonyl (C=O) groups is 2. The summed E-state index contributed by atoms with van der Waals surface area (Å²) in [5, 5.41) is 5.42. The Hall–Kier alpha value is -1.14. The summed E-state index contributed by atoms with van der Waals surface area (Å²) in [6.45, 7) is 4.08. The molecule has 0 aromatic heterocycles. The second-order valence-corrected chi connectivity index (χ2v) is 3.36. The lowest BCUT2D eigenvalue weighted by atomic mass is 10.3. The molecule has 0 bridgehead atoms. The molecule has 0 aliphatic carbocycles. The Morgan fingerprint density at radius 1 is 1.36 bits per heavy atom. The highest BCUT2D eigenvalue weighted by molar-refractivity contribution is 5.80. The first-order valence-corrected chi connectivity index (χ1v) is 4.48. The minimum absolute atomic E-state index is 0.106. The maximum Gasteiger partial charge on any atom is 0.235 e. The molecule has 0 aromatic rings. The minimum atomic E-state index is -0.748. The second kappa shape index (κ2) is 6.33. The van der Waals surface area contributed by atoms with Crippen molar-refractivity contribution in [2.45, 2.75) is 25.9 Å². The number of carbonyl (C=O) groups excluding carboxylic acids is 2. The van der Waals surface area contributed by atoms with Gasteiger partial charge in [0.2, 0.25) is 11.8 Å². The van der Waals surface area contributed by atoms with Crippen LogP contribution in [-0.2, 0) is 9.59 Å². The van der Waals surface area contributed by atoms with Crippen molar-refractivity contribution in [3.63, 3.8) is 0 Å². The Kier molecular flexibility index (Phi) is 5.82. The fraction of sp³-hybridized carbons (Fsp3) is 0.750. The molecule has 6 nitrogen and oxygen atoms in total. The number of primary amides is 1.